The Labute approximate surface area is 109 Å². The molecule has 100 valence electrons. The van der Waals surface area contributed by atoms with Gasteiger partial charge in [0.05, 0.1) is 5.60 Å². The van der Waals surface area contributed by atoms with E-state index in [9.17, 15) is 5.11 Å². The number of aliphatic hydroxyl groups is 1. The zero-order valence-electron chi connectivity index (χ0n) is 11.1. The van der Waals surface area contributed by atoms with Crippen LogP contribution in [0.5, 0.6) is 0 Å². The summed E-state index contributed by atoms with van der Waals surface area (Å²) >= 11 is 0. The van der Waals surface area contributed by atoms with E-state index in [0.29, 0.717) is 26.2 Å². The second kappa shape index (κ2) is 5.39. The Balaban J connectivity index is 2.41. The minimum atomic E-state index is -0.854. The third-order valence-corrected chi connectivity index (χ3v) is 4.48. The Kier molecular flexibility index (Phi) is 4.05. The maximum Gasteiger partial charge on any atom is 0.0963 e. The van der Waals surface area contributed by atoms with Crippen LogP contribution in [-0.2, 0) is 10.3 Å². The van der Waals surface area contributed by atoms with Crippen LogP contribution in [0.25, 0.3) is 0 Å². The molecular weight excluding hydrogens is 226 g/mol. The lowest BCUT2D eigenvalue weighted by Crippen LogP contribution is -2.53. The van der Waals surface area contributed by atoms with Gasteiger partial charge in [0.2, 0.25) is 0 Å². The molecule has 1 saturated heterocycles. The van der Waals surface area contributed by atoms with E-state index in [4.69, 9.17) is 10.5 Å². The van der Waals surface area contributed by atoms with Gasteiger partial charge >= 0.3 is 0 Å². The molecule has 0 saturated carbocycles. The third kappa shape index (κ3) is 2.07. The molecule has 1 aliphatic heterocycles. The van der Waals surface area contributed by atoms with Crippen molar-refractivity contribution < 1.29 is 9.84 Å². The first-order valence-corrected chi connectivity index (χ1v) is 6.74. The van der Waals surface area contributed by atoms with E-state index in [1.165, 1.54) is 0 Å². The van der Waals surface area contributed by atoms with Gasteiger partial charge in [-0.25, -0.2) is 0 Å². The highest BCUT2D eigenvalue weighted by Gasteiger charge is 2.49. The van der Waals surface area contributed by atoms with E-state index in [0.717, 1.165) is 18.4 Å². The molecule has 0 aliphatic carbocycles. The van der Waals surface area contributed by atoms with E-state index in [-0.39, 0.29) is 5.41 Å². The summed E-state index contributed by atoms with van der Waals surface area (Å²) in [5.41, 5.74) is 5.88. The van der Waals surface area contributed by atoms with Crippen molar-refractivity contribution in [1.29, 1.82) is 0 Å². The van der Waals surface area contributed by atoms with Gasteiger partial charge in [0, 0.05) is 25.2 Å². The highest BCUT2D eigenvalue weighted by Crippen LogP contribution is 2.48. The van der Waals surface area contributed by atoms with Crippen molar-refractivity contribution in [2.45, 2.75) is 31.8 Å². The number of hydrogen-bond acceptors (Lipinski definition) is 3. The molecule has 1 atom stereocenters. The Morgan fingerprint density at radius 1 is 1.28 bits per heavy atom. The summed E-state index contributed by atoms with van der Waals surface area (Å²) in [5.74, 6) is 0. The molecule has 3 N–H and O–H groups in total. The van der Waals surface area contributed by atoms with Crippen LogP contribution in [0.1, 0.15) is 31.7 Å². The molecule has 0 radical (unpaired) electrons. The first-order chi connectivity index (χ1) is 8.68. The van der Waals surface area contributed by atoms with Gasteiger partial charge in [-0.2, -0.15) is 0 Å². The van der Waals surface area contributed by atoms with Crippen LogP contribution in [0.15, 0.2) is 30.3 Å². The summed E-state index contributed by atoms with van der Waals surface area (Å²) in [4.78, 5) is 0. The lowest BCUT2D eigenvalue weighted by Gasteiger charge is -2.49. The van der Waals surface area contributed by atoms with Crippen molar-refractivity contribution in [2.75, 3.05) is 19.8 Å². The monoisotopic (exact) mass is 249 g/mol. The summed E-state index contributed by atoms with van der Waals surface area (Å²) in [6.45, 7) is 3.90. The highest BCUT2D eigenvalue weighted by molar-refractivity contribution is 5.26. The number of rotatable bonds is 4. The molecule has 0 amide bonds. The number of ether oxygens (including phenoxy) is 1. The fourth-order valence-electron chi connectivity index (χ4n) is 3.15. The summed E-state index contributed by atoms with van der Waals surface area (Å²) in [7, 11) is 0. The van der Waals surface area contributed by atoms with Gasteiger partial charge in [-0.05, 0) is 24.8 Å². The van der Waals surface area contributed by atoms with E-state index < -0.39 is 5.60 Å². The second-order valence-corrected chi connectivity index (χ2v) is 5.18. The molecule has 0 bridgehead atoms. The molecule has 1 fully saturated rings. The molecule has 2 rings (SSSR count). The average molecular weight is 249 g/mol. The maximum absolute atomic E-state index is 11.2. The van der Waals surface area contributed by atoms with Crippen molar-refractivity contribution >= 4 is 0 Å². The van der Waals surface area contributed by atoms with Crippen LogP contribution < -0.4 is 5.73 Å². The summed E-state index contributed by atoms with van der Waals surface area (Å²) in [6.07, 6.45) is 2.32. The lowest BCUT2D eigenvalue weighted by atomic mass is 9.63. The molecule has 18 heavy (non-hydrogen) atoms. The van der Waals surface area contributed by atoms with Gasteiger partial charge < -0.3 is 15.6 Å². The molecule has 3 nitrogen and oxygen atoms in total. The lowest BCUT2D eigenvalue weighted by molar-refractivity contribution is -0.137. The zero-order chi connectivity index (χ0) is 13.1. The van der Waals surface area contributed by atoms with Crippen molar-refractivity contribution in [1.82, 2.24) is 0 Å². The Hall–Kier alpha value is -0.900. The molecule has 1 unspecified atom stereocenters. The van der Waals surface area contributed by atoms with Gasteiger partial charge in [-0.1, -0.05) is 37.3 Å². The standard InChI is InChI=1S/C15H23NO2/c1-2-15(17,13-6-4-3-5-7-13)14(12-16)8-10-18-11-9-14/h3-7,17H,2,8-12,16H2,1H3. The van der Waals surface area contributed by atoms with Crippen LogP contribution in [0.3, 0.4) is 0 Å². The van der Waals surface area contributed by atoms with E-state index in [1.807, 2.05) is 37.3 Å². The SMILES string of the molecule is CCC(O)(c1ccccc1)C1(CN)CCOCC1. The summed E-state index contributed by atoms with van der Waals surface area (Å²) in [5, 5.41) is 11.2. The predicted octanol–water partition coefficient (Wildman–Crippen LogP) is 2.04. The molecule has 1 aromatic rings. The maximum atomic E-state index is 11.2. The molecule has 1 aromatic carbocycles. The molecule has 3 heteroatoms. The molecular formula is C15H23NO2. The van der Waals surface area contributed by atoms with Gasteiger partial charge in [0.15, 0.2) is 0 Å². The summed E-state index contributed by atoms with van der Waals surface area (Å²) in [6, 6.07) is 9.91. The van der Waals surface area contributed by atoms with E-state index in [2.05, 4.69) is 0 Å². The van der Waals surface area contributed by atoms with Crippen LogP contribution >= 0.6 is 0 Å². The summed E-state index contributed by atoms with van der Waals surface area (Å²) < 4.78 is 5.44. The van der Waals surface area contributed by atoms with Crippen LogP contribution in [0, 0.1) is 5.41 Å². The van der Waals surface area contributed by atoms with Crippen LogP contribution in [0.4, 0.5) is 0 Å². The fourth-order valence-corrected chi connectivity index (χ4v) is 3.15. The van der Waals surface area contributed by atoms with Crippen molar-refractivity contribution in [2.24, 2.45) is 11.1 Å². The normalized spacial score (nSPS) is 22.4. The van der Waals surface area contributed by atoms with Gasteiger partial charge in [-0.3, -0.25) is 0 Å². The highest BCUT2D eigenvalue weighted by atomic mass is 16.5. The number of hydrogen-bond donors (Lipinski definition) is 2. The number of nitrogens with two attached hydrogens (primary N) is 1. The fraction of sp³-hybridized carbons (Fsp3) is 0.600. The largest absolute Gasteiger partial charge is 0.385 e. The minimum absolute atomic E-state index is 0.263. The molecule has 1 aliphatic rings. The third-order valence-electron chi connectivity index (χ3n) is 4.48. The second-order valence-electron chi connectivity index (χ2n) is 5.18. The van der Waals surface area contributed by atoms with Gasteiger partial charge in [0.25, 0.3) is 0 Å². The van der Waals surface area contributed by atoms with E-state index in [1.54, 1.807) is 0 Å². The average Bonchev–Trinajstić information content (AvgIpc) is 2.48. The van der Waals surface area contributed by atoms with E-state index >= 15 is 0 Å². The van der Waals surface area contributed by atoms with Gasteiger partial charge in [0.1, 0.15) is 0 Å². The number of benzene rings is 1. The predicted molar refractivity (Wildman–Crippen MR) is 72.2 cm³/mol. The smallest absolute Gasteiger partial charge is 0.0963 e. The van der Waals surface area contributed by atoms with Crippen LogP contribution in [-0.4, -0.2) is 24.9 Å². The van der Waals surface area contributed by atoms with Crippen molar-refractivity contribution in [3.63, 3.8) is 0 Å². The zero-order valence-corrected chi connectivity index (χ0v) is 11.1. The Bertz CT molecular complexity index is 373. The topological polar surface area (TPSA) is 55.5 Å². The molecule has 0 spiro atoms. The molecule has 0 aromatic heterocycles. The first-order valence-electron chi connectivity index (χ1n) is 6.74. The molecule has 1 heterocycles. The Morgan fingerprint density at radius 3 is 2.39 bits per heavy atom. The Morgan fingerprint density at radius 2 is 1.89 bits per heavy atom. The first kappa shape index (κ1) is 13.5. The van der Waals surface area contributed by atoms with Crippen molar-refractivity contribution in [3.05, 3.63) is 35.9 Å². The van der Waals surface area contributed by atoms with Gasteiger partial charge in [-0.15, -0.1) is 0 Å². The minimum Gasteiger partial charge on any atom is -0.385 e. The van der Waals surface area contributed by atoms with Crippen LogP contribution in [0.2, 0.25) is 0 Å². The quantitative estimate of drug-likeness (QED) is 0.858. The van der Waals surface area contributed by atoms with Crippen molar-refractivity contribution in [3.8, 4) is 0 Å².